The van der Waals surface area contributed by atoms with Crippen molar-refractivity contribution in [3.8, 4) is 29.1 Å². The van der Waals surface area contributed by atoms with Crippen LogP contribution in [0.4, 0.5) is 0 Å². The summed E-state index contributed by atoms with van der Waals surface area (Å²) in [5.41, 5.74) is 7.41. The molecule has 1 aromatic carbocycles. The van der Waals surface area contributed by atoms with Gasteiger partial charge in [0.25, 0.3) is 5.56 Å². The van der Waals surface area contributed by atoms with Gasteiger partial charge in [0.05, 0.1) is 32.8 Å². The van der Waals surface area contributed by atoms with Gasteiger partial charge in [0.2, 0.25) is 11.6 Å². The maximum atomic E-state index is 13.0. The molecular formula is C21H23N3O5. The van der Waals surface area contributed by atoms with Crippen LogP contribution in [-0.2, 0) is 6.42 Å². The summed E-state index contributed by atoms with van der Waals surface area (Å²) in [7, 11) is 4.48. The monoisotopic (exact) mass is 397 g/mol. The van der Waals surface area contributed by atoms with Gasteiger partial charge in [-0.1, -0.05) is 19.4 Å². The number of aromatic nitrogens is 1. The largest absolute Gasteiger partial charge is 0.493 e. The molecule has 0 saturated heterocycles. The van der Waals surface area contributed by atoms with Crippen molar-refractivity contribution >= 4 is 0 Å². The van der Waals surface area contributed by atoms with Crippen LogP contribution in [0.5, 0.6) is 23.0 Å². The Hall–Kier alpha value is -3.60. The van der Waals surface area contributed by atoms with Gasteiger partial charge in [0.15, 0.2) is 11.5 Å². The van der Waals surface area contributed by atoms with Crippen LogP contribution in [0.25, 0.3) is 0 Å². The number of aromatic amines is 1. The van der Waals surface area contributed by atoms with Crippen molar-refractivity contribution in [3.05, 3.63) is 56.8 Å². The molecule has 152 valence electrons. The van der Waals surface area contributed by atoms with E-state index in [-0.39, 0.29) is 17.0 Å². The number of fused-ring (bicyclic) bond motifs is 1. The third kappa shape index (κ3) is 3.36. The maximum Gasteiger partial charge on any atom is 0.256 e. The Morgan fingerprint density at radius 1 is 1.21 bits per heavy atom. The number of nitrogens with two attached hydrogens (primary N) is 1. The molecule has 3 rings (SSSR count). The van der Waals surface area contributed by atoms with E-state index < -0.39 is 5.92 Å². The first kappa shape index (κ1) is 20.1. The fourth-order valence-corrected chi connectivity index (χ4v) is 3.60. The summed E-state index contributed by atoms with van der Waals surface area (Å²) in [6, 6.07) is 7.25. The Bertz CT molecular complexity index is 1070. The van der Waals surface area contributed by atoms with Crippen LogP contribution in [0, 0.1) is 11.3 Å². The topological polar surface area (TPSA) is 120 Å². The molecule has 1 aliphatic rings. The first-order chi connectivity index (χ1) is 14.0. The minimum absolute atomic E-state index is 0.0464. The lowest BCUT2D eigenvalue weighted by molar-refractivity contribution is 0.321. The zero-order chi connectivity index (χ0) is 21.1. The summed E-state index contributed by atoms with van der Waals surface area (Å²) in [4.78, 5) is 15.9. The van der Waals surface area contributed by atoms with Crippen molar-refractivity contribution < 1.29 is 18.9 Å². The molecule has 1 unspecified atom stereocenters. The third-order valence-corrected chi connectivity index (χ3v) is 4.84. The highest BCUT2D eigenvalue weighted by Crippen LogP contribution is 2.48. The van der Waals surface area contributed by atoms with Crippen molar-refractivity contribution in [2.75, 3.05) is 21.3 Å². The summed E-state index contributed by atoms with van der Waals surface area (Å²) in [5.74, 6) is 0.670. The average molecular weight is 397 g/mol. The lowest BCUT2D eigenvalue weighted by Crippen LogP contribution is -2.28. The van der Waals surface area contributed by atoms with Crippen LogP contribution in [0.15, 0.2) is 34.4 Å². The molecule has 0 saturated carbocycles. The first-order valence-corrected chi connectivity index (χ1v) is 9.13. The normalized spacial score (nSPS) is 15.2. The van der Waals surface area contributed by atoms with E-state index >= 15 is 0 Å². The second kappa shape index (κ2) is 8.19. The molecular weight excluding hydrogens is 374 g/mol. The summed E-state index contributed by atoms with van der Waals surface area (Å²) in [6.07, 6.45) is 1.54. The Morgan fingerprint density at radius 3 is 2.52 bits per heavy atom. The lowest BCUT2D eigenvalue weighted by atomic mass is 9.83. The van der Waals surface area contributed by atoms with E-state index in [0.717, 1.165) is 12.1 Å². The number of pyridine rings is 1. The molecule has 0 spiro atoms. The molecule has 1 atom stereocenters. The zero-order valence-corrected chi connectivity index (χ0v) is 16.8. The van der Waals surface area contributed by atoms with Gasteiger partial charge in [0, 0.05) is 17.3 Å². The van der Waals surface area contributed by atoms with Crippen LogP contribution in [0.1, 0.15) is 36.1 Å². The molecule has 0 bridgehead atoms. The van der Waals surface area contributed by atoms with Crippen molar-refractivity contribution in [1.82, 2.24) is 4.98 Å². The first-order valence-electron chi connectivity index (χ1n) is 9.13. The van der Waals surface area contributed by atoms with E-state index in [1.54, 1.807) is 18.2 Å². The molecule has 8 nitrogen and oxygen atoms in total. The molecule has 0 radical (unpaired) electrons. The standard InChI is InChI=1S/C21H23N3O5/c1-5-6-11-9-15-17(21(25)24-11)16(13(10-22)20(23)29-15)12-7-8-14(26-2)19(28-4)18(12)27-3/h7-9,16H,5-6,23H2,1-4H3,(H,24,25). The molecule has 3 N–H and O–H groups in total. The number of methoxy groups -OCH3 is 3. The van der Waals surface area contributed by atoms with Gasteiger partial charge < -0.3 is 29.7 Å². The minimum atomic E-state index is -0.780. The molecule has 0 fully saturated rings. The molecule has 0 aliphatic carbocycles. The summed E-state index contributed by atoms with van der Waals surface area (Å²) in [5, 5.41) is 9.76. The smallest absolute Gasteiger partial charge is 0.256 e. The Kier molecular flexibility index (Phi) is 5.69. The number of ether oxygens (including phenoxy) is 4. The number of rotatable bonds is 6. The van der Waals surface area contributed by atoms with E-state index in [4.69, 9.17) is 24.7 Å². The predicted molar refractivity (Wildman–Crippen MR) is 106 cm³/mol. The second-order valence-electron chi connectivity index (χ2n) is 6.50. The van der Waals surface area contributed by atoms with E-state index in [0.29, 0.717) is 40.5 Å². The molecule has 29 heavy (non-hydrogen) atoms. The van der Waals surface area contributed by atoms with Gasteiger partial charge >= 0.3 is 0 Å². The van der Waals surface area contributed by atoms with Crippen molar-refractivity contribution in [2.45, 2.75) is 25.7 Å². The average Bonchev–Trinajstić information content (AvgIpc) is 2.71. The van der Waals surface area contributed by atoms with Crippen LogP contribution >= 0.6 is 0 Å². The number of benzene rings is 1. The van der Waals surface area contributed by atoms with E-state index in [1.165, 1.54) is 21.3 Å². The molecule has 1 aliphatic heterocycles. The van der Waals surface area contributed by atoms with Crippen LogP contribution in [0.2, 0.25) is 0 Å². The van der Waals surface area contributed by atoms with Gasteiger partial charge in [0.1, 0.15) is 17.4 Å². The molecule has 2 aromatic rings. The SMILES string of the molecule is CCCc1cc2c(c(=O)[nH]1)C(c1ccc(OC)c(OC)c1OC)C(C#N)=C(N)O2. The Balaban J connectivity index is 2.33. The minimum Gasteiger partial charge on any atom is -0.493 e. The number of H-pyrrole nitrogens is 1. The van der Waals surface area contributed by atoms with Gasteiger partial charge in [-0.2, -0.15) is 5.26 Å². The van der Waals surface area contributed by atoms with E-state index in [1.807, 2.05) is 6.92 Å². The Morgan fingerprint density at radius 2 is 1.93 bits per heavy atom. The number of allylic oxidation sites excluding steroid dienone is 1. The number of nitrogens with zero attached hydrogens (tertiary/aromatic N) is 1. The third-order valence-electron chi connectivity index (χ3n) is 4.84. The molecule has 8 heteroatoms. The van der Waals surface area contributed by atoms with Gasteiger partial charge in [-0.15, -0.1) is 0 Å². The van der Waals surface area contributed by atoms with Gasteiger partial charge in [-0.25, -0.2) is 0 Å². The van der Waals surface area contributed by atoms with Crippen LogP contribution < -0.4 is 30.2 Å². The number of aryl methyl sites for hydroxylation is 1. The van der Waals surface area contributed by atoms with Crippen molar-refractivity contribution in [3.63, 3.8) is 0 Å². The van der Waals surface area contributed by atoms with Crippen molar-refractivity contribution in [2.24, 2.45) is 5.73 Å². The zero-order valence-electron chi connectivity index (χ0n) is 16.8. The summed E-state index contributed by atoms with van der Waals surface area (Å²) < 4.78 is 22.0. The van der Waals surface area contributed by atoms with Crippen LogP contribution in [-0.4, -0.2) is 26.3 Å². The van der Waals surface area contributed by atoms with Gasteiger partial charge in [-0.3, -0.25) is 4.79 Å². The quantitative estimate of drug-likeness (QED) is 0.769. The Labute approximate surface area is 168 Å². The highest BCUT2D eigenvalue weighted by atomic mass is 16.5. The lowest BCUT2D eigenvalue weighted by Gasteiger charge is -2.27. The fourth-order valence-electron chi connectivity index (χ4n) is 3.60. The highest BCUT2D eigenvalue weighted by molar-refractivity contribution is 5.64. The number of hydrogen-bond donors (Lipinski definition) is 2. The number of nitrogens with one attached hydrogen (secondary N) is 1. The predicted octanol–water partition coefficient (Wildman–Crippen LogP) is 2.57. The maximum absolute atomic E-state index is 13.0. The molecule has 2 heterocycles. The summed E-state index contributed by atoms with van der Waals surface area (Å²) in [6.45, 7) is 2.01. The summed E-state index contributed by atoms with van der Waals surface area (Å²) >= 11 is 0. The number of nitriles is 1. The highest BCUT2D eigenvalue weighted by Gasteiger charge is 2.36. The van der Waals surface area contributed by atoms with E-state index in [9.17, 15) is 10.1 Å². The second-order valence-corrected chi connectivity index (χ2v) is 6.50. The fraction of sp³-hybridized carbons (Fsp3) is 0.333. The van der Waals surface area contributed by atoms with Crippen molar-refractivity contribution in [1.29, 1.82) is 5.26 Å². The van der Waals surface area contributed by atoms with E-state index in [2.05, 4.69) is 11.1 Å². The van der Waals surface area contributed by atoms with Crippen LogP contribution in [0.3, 0.4) is 0 Å². The van der Waals surface area contributed by atoms with Gasteiger partial charge in [-0.05, 0) is 12.5 Å². The molecule has 0 amide bonds. The number of hydrogen-bond acceptors (Lipinski definition) is 7. The molecule has 1 aromatic heterocycles.